The number of ether oxygens (including phenoxy) is 2. The van der Waals surface area contributed by atoms with Crippen molar-refractivity contribution in [1.29, 1.82) is 0 Å². The van der Waals surface area contributed by atoms with Crippen LogP contribution in [0.2, 0.25) is 0 Å². The van der Waals surface area contributed by atoms with Gasteiger partial charge < -0.3 is 20.1 Å². The molecule has 1 amide bonds. The molecule has 0 saturated carbocycles. The minimum atomic E-state index is -0.0976. The van der Waals surface area contributed by atoms with Gasteiger partial charge >= 0.3 is 0 Å². The van der Waals surface area contributed by atoms with Crippen LogP contribution in [0.25, 0.3) is 0 Å². The maximum atomic E-state index is 11.9. The van der Waals surface area contributed by atoms with Crippen LogP contribution in [0.3, 0.4) is 0 Å². The fraction of sp³-hybridized carbons (Fsp3) is 0.278. The Bertz CT molecular complexity index is 626. The Balaban J connectivity index is 1.78. The van der Waals surface area contributed by atoms with Gasteiger partial charge in [0.2, 0.25) is 5.91 Å². The van der Waals surface area contributed by atoms with Crippen LogP contribution in [0.5, 0.6) is 5.75 Å². The minimum Gasteiger partial charge on any atom is -0.491 e. The average molecular weight is 314 g/mol. The molecule has 2 aromatic rings. The van der Waals surface area contributed by atoms with Crippen molar-refractivity contribution in [2.45, 2.75) is 6.92 Å². The Labute approximate surface area is 136 Å². The first-order valence-corrected chi connectivity index (χ1v) is 7.49. The molecule has 0 atom stereocenters. The fourth-order valence-electron chi connectivity index (χ4n) is 2.02. The monoisotopic (exact) mass is 314 g/mol. The second-order valence-corrected chi connectivity index (χ2v) is 5.14. The van der Waals surface area contributed by atoms with Gasteiger partial charge in [-0.2, -0.15) is 0 Å². The maximum Gasteiger partial charge on any atom is 0.243 e. The van der Waals surface area contributed by atoms with Crippen molar-refractivity contribution in [3.8, 4) is 5.75 Å². The van der Waals surface area contributed by atoms with Gasteiger partial charge in [-0.15, -0.1) is 0 Å². The molecule has 0 aliphatic rings. The Morgan fingerprint density at radius 2 is 1.83 bits per heavy atom. The van der Waals surface area contributed by atoms with E-state index in [0.717, 1.165) is 22.7 Å². The highest BCUT2D eigenvalue weighted by Gasteiger charge is 2.03. The van der Waals surface area contributed by atoms with E-state index in [2.05, 4.69) is 10.6 Å². The van der Waals surface area contributed by atoms with Crippen molar-refractivity contribution in [3.05, 3.63) is 54.1 Å². The molecule has 5 nitrogen and oxygen atoms in total. The van der Waals surface area contributed by atoms with Crippen LogP contribution in [0, 0.1) is 6.92 Å². The standard InChI is InChI=1S/C18H22N2O3/c1-14-4-3-5-16(12-14)19-13-18(21)20-15-6-8-17(9-7-15)23-11-10-22-2/h3-9,12,19H,10-11,13H2,1-2H3,(H,20,21). The van der Waals surface area contributed by atoms with Crippen LogP contribution in [0.4, 0.5) is 11.4 Å². The highest BCUT2D eigenvalue weighted by Crippen LogP contribution is 2.15. The molecule has 0 aliphatic heterocycles. The molecule has 2 N–H and O–H groups in total. The van der Waals surface area contributed by atoms with E-state index in [9.17, 15) is 4.79 Å². The van der Waals surface area contributed by atoms with Crippen LogP contribution in [-0.2, 0) is 9.53 Å². The first-order chi connectivity index (χ1) is 11.2. The Kier molecular flexibility index (Phi) is 6.44. The smallest absolute Gasteiger partial charge is 0.243 e. The Morgan fingerprint density at radius 3 is 2.52 bits per heavy atom. The van der Waals surface area contributed by atoms with Gasteiger partial charge in [0, 0.05) is 18.5 Å². The summed E-state index contributed by atoms with van der Waals surface area (Å²) in [4.78, 5) is 11.9. The van der Waals surface area contributed by atoms with E-state index in [1.165, 1.54) is 0 Å². The molecule has 2 rings (SSSR count). The van der Waals surface area contributed by atoms with Crippen LogP contribution < -0.4 is 15.4 Å². The van der Waals surface area contributed by atoms with Crippen molar-refractivity contribution in [2.75, 3.05) is 37.5 Å². The van der Waals surface area contributed by atoms with Gasteiger partial charge in [-0.1, -0.05) is 12.1 Å². The second kappa shape index (κ2) is 8.80. The van der Waals surface area contributed by atoms with E-state index in [1.54, 1.807) is 7.11 Å². The number of hydrogen-bond donors (Lipinski definition) is 2. The zero-order chi connectivity index (χ0) is 16.5. The number of anilines is 2. The van der Waals surface area contributed by atoms with Gasteiger partial charge in [-0.3, -0.25) is 4.79 Å². The highest BCUT2D eigenvalue weighted by atomic mass is 16.5. The largest absolute Gasteiger partial charge is 0.491 e. The van der Waals surface area contributed by atoms with Crippen molar-refractivity contribution in [1.82, 2.24) is 0 Å². The molecule has 5 heteroatoms. The van der Waals surface area contributed by atoms with Crippen molar-refractivity contribution in [3.63, 3.8) is 0 Å². The quantitative estimate of drug-likeness (QED) is 0.735. The second-order valence-electron chi connectivity index (χ2n) is 5.14. The van der Waals surface area contributed by atoms with E-state index in [4.69, 9.17) is 9.47 Å². The number of nitrogens with one attached hydrogen (secondary N) is 2. The normalized spacial score (nSPS) is 10.2. The summed E-state index contributed by atoms with van der Waals surface area (Å²) >= 11 is 0. The van der Waals surface area contributed by atoms with Crippen LogP contribution in [0.15, 0.2) is 48.5 Å². The van der Waals surface area contributed by atoms with Crippen molar-refractivity contribution in [2.24, 2.45) is 0 Å². The first-order valence-electron chi connectivity index (χ1n) is 7.49. The number of aryl methyl sites for hydroxylation is 1. The summed E-state index contributed by atoms with van der Waals surface area (Å²) in [5, 5.41) is 5.94. The summed E-state index contributed by atoms with van der Waals surface area (Å²) in [6.07, 6.45) is 0. The lowest BCUT2D eigenvalue weighted by atomic mass is 10.2. The fourth-order valence-corrected chi connectivity index (χ4v) is 2.02. The van der Waals surface area contributed by atoms with Crippen molar-refractivity contribution >= 4 is 17.3 Å². The number of benzene rings is 2. The molecule has 122 valence electrons. The molecule has 0 radical (unpaired) electrons. The minimum absolute atomic E-state index is 0.0976. The lowest BCUT2D eigenvalue weighted by Crippen LogP contribution is -2.21. The van der Waals surface area contributed by atoms with E-state index in [0.29, 0.717) is 13.2 Å². The summed E-state index contributed by atoms with van der Waals surface area (Å²) in [7, 11) is 1.63. The zero-order valence-electron chi connectivity index (χ0n) is 13.5. The predicted molar refractivity (Wildman–Crippen MR) is 92.1 cm³/mol. The lowest BCUT2D eigenvalue weighted by Gasteiger charge is -2.09. The predicted octanol–water partition coefficient (Wildman–Crippen LogP) is 3.07. The molecule has 0 fully saturated rings. The summed E-state index contributed by atoms with van der Waals surface area (Å²) < 4.78 is 10.4. The third kappa shape index (κ3) is 6.00. The molecule has 0 aliphatic carbocycles. The summed E-state index contributed by atoms with van der Waals surface area (Å²) in [5.74, 6) is 0.650. The first kappa shape index (κ1) is 16.8. The Hall–Kier alpha value is -2.53. The molecule has 0 saturated heterocycles. The van der Waals surface area contributed by atoms with Gasteiger partial charge in [-0.25, -0.2) is 0 Å². The zero-order valence-corrected chi connectivity index (χ0v) is 13.5. The SMILES string of the molecule is COCCOc1ccc(NC(=O)CNc2cccc(C)c2)cc1. The molecule has 2 aromatic carbocycles. The van der Waals surface area contributed by atoms with Crippen molar-refractivity contribution < 1.29 is 14.3 Å². The molecule has 0 heterocycles. The van der Waals surface area contributed by atoms with Crippen LogP contribution in [-0.4, -0.2) is 32.8 Å². The summed E-state index contributed by atoms with van der Waals surface area (Å²) in [6, 6.07) is 15.2. The van der Waals surface area contributed by atoms with E-state index in [-0.39, 0.29) is 12.5 Å². The van der Waals surface area contributed by atoms with E-state index >= 15 is 0 Å². The number of hydrogen-bond acceptors (Lipinski definition) is 4. The third-order valence-electron chi connectivity index (χ3n) is 3.17. The van der Waals surface area contributed by atoms with Gasteiger partial charge in [0.15, 0.2) is 0 Å². The highest BCUT2D eigenvalue weighted by molar-refractivity contribution is 5.93. The number of carbonyl (C=O) groups is 1. The molecule has 0 unspecified atom stereocenters. The molecular weight excluding hydrogens is 292 g/mol. The molecule has 23 heavy (non-hydrogen) atoms. The summed E-state index contributed by atoms with van der Waals surface area (Å²) in [6.45, 7) is 3.28. The van der Waals surface area contributed by atoms with Crippen LogP contribution in [0.1, 0.15) is 5.56 Å². The summed E-state index contributed by atoms with van der Waals surface area (Å²) in [5.41, 5.74) is 2.82. The number of amides is 1. The Morgan fingerprint density at radius 1 is 1.04 bits per heavy atom. The van der Waals surface area contributed by atoms with E-state index in [1.807, 2.05) is 55.5 Å². The maximum absolute atomic E-state index is 11.9. The van der Waals surface area contributed by atoms with Crippen LogP contribution >= 0.6 is 0 Å². The topological polar surface area (TPSA) is 59.6 Å². The molecule has 0 bridgehead atoms. The van der Waals surface area contributed by atoms with Gasteiger partial charge in [-0.05, 0) is 48.9 Å². The molecule has 0 aromatic heterocycles. The van der Waals surface area contributed by atoms with Gasteiger partial charge in [0.1, 0.15) is 12.4 Å². The van der Waals surface area contributed by atoms with Gasteiger partial charge in [0.25, 0.3) is 0 Å². The number of methoxy groups -OCH3 is 1. The number of carbonyl (C=O) groups excluding carboxylic acids is 1. The van der Waals surface area contributed by atoms with Gasteiger partial charge in [0.05, 0.1) is 13.2 Å². The molecule has 0 spiro atoms. The number of rotatable bonds is 8. The molecular formula is C18H22N2O3. The average Bonchev–Trinajstić information content (AvgIpc) is 2.55. The third-order valence-corrected chi connectivity index (χ3v) is 3.17. The van der Waals surface area contributed by atoms with E-state index < -0.39 is 0 Å². The lowest BCUT2D eigenvalue weighted by molar-refractivity contribution is -0.114.